The molecule has 0 spiro atoms. The lowest BCUT2D eigenvalue weighted by atomic mass is 10.1. The van der Waals surface area contributed by atoms with E-state index in [1.165, 1.54) is 5.56 Å². The minimum absolute atomic E-state index is 0.465. The molecule has 0 radical (unpaired) electrons. The van der Waals surface area contributed by atoms with Crippen LogP contribution in [0.1, 0.15) is 29.3 Å². The maximum Gasteiger partial charge on any atom is 0.130 e. The highest BCUT2D eigenvalue weighted by molar-refractivity contribution is 6.30. The minimum Gasteiger partial charge on any atom is -0.487 e. The largest absolute Gasteiger partial charge is 0.487 e. The zero-order chi connectivity index (χ0) is 17.9. The number of ether oxygens (including phenoxy) is 1. The Morgan fingerprint density at radius 1 is 1.31 bits per heavy atom. The van der Waals surface area contributed by atoms with E-state index < -0.39 is 0 Å². The van der Waals surface area contributed by atoms with Crippen molar-refractivity contribution in [3.05, 3.63) is 64.7 Å². The van der Waals surface area contributed by atoms with Crippen LogP contribution in [-0.2, 0) is 20.2 Å². The number of benzene rings is 1. The Morgan fingerprint density at radius 3 is 2.92 bits per heavy atom. The molecule has 26 heavy (non-hydrogen) atoms. The van der Waals surface area contributed by atoms with Crippen LogP contribution in [-0.4, -0.2) is 38.0 Å². The van der Waals surface area contributed by atoms with Crippen LogP contribution in [0.15, 0.2) is 42.7 Å². The van der Waals surface area contributed by atoms with Gasteiger partial charge >= 0.3 is 0 Å². The normalized spacial score (nSPS) is 17.7. The number of aryl methyl sites for hydroxylation is 1. The van der Waals surface area contributed by atoms with Crippen molar-refractivity contribution >= 4 is 11.6 Å². The van der Waals surface area contributed by atoms with Gasteiger partial charge in [-0.15, -0.1) is 0 Å². The van der Waals surface area contributed by atoms with Crippen LogP contribution in [0, 0.1) is 0 Å². The predicted octanol–water partition coefficient (Wildman–Crippen LogP) is 3.37. The molecule has 3 aromatic rings. The molecule has 1 aliphatic rings. The van der Waals surface area contributed by atoms with Crippen molar-refractivity contribution in [3.63, 3.8) is 0 Å². The van der Waals surface area contributed by atoms with E-state index in [2.05, 4.69) is 32.5 Å². The van der Waals surface area contributed by atoms with Crippen LogP contribution in [0.25, 0.3) is 0 Å². The fraction of sp³-hybridized carbons (Fsp3) is 0.368. The molecule has 0 aliphatic carbocycles. The van der Waals surface area contributed by atoms with Gasteiger partial charge in [-0.05, 0) is 43.3 Å². The van der Waals surface area contributed by atoms with Crippen molar-refractivity contribution in [3.8, 4) is 5.75 Å². The van der Waals surface area contributed by atoms with E-state index in [1.807, 2.05) is 42.2 Å². The lowest BCUT2D eigenvalue weighted by molar-refractivity contribution is 0.301. The Balaban J connectivity index is 1.31. The Labute approximate surface area is 157 Å². The first kappa shape index (κ1) is 17.1. The number of rotatable bonds is 6. The molecular weight excluding hydrogens is 350 g/mol. The van der Waals surface area contributed by atoms with Crippen molar-refractivity contribution in [2.24, 2.45) is 7.05 Å². The second-order valence-electron chi connectivity index (χ2n) is 6.80. The molecule has 2 aromatic heterocycles. The molecule has 6 nitrogen and oxygen atoms in total. The molecule has 1 atom stereocenters. The van der Waals surface area contributed by atoms with Gasteiger partial charge in [0.1, 0.15) is 12.4 Å². The number of H-pyrrole nitrogens is 1. The lowest BCUT2D eigenvalue weighted by Crippen LogP contribution is -2.19. The molecule has 4 rings (SSSR count). The first-order chi connectivity index (χ1) is 12.7. The van der Waals surface area contributed by atoms with E-state index >= 15 is 0 Å². The van der Waals surface area contributed by atoms with Crippen LogP contribution in [0.5, 0.6) is 5.75 Å². The number of nitrogens with one attached hydrogen (secondary N) is 1. The Kier molecular flexibility index (Phi) is 4.95. The second kappa shape index (κ2) is 7.51. The summed E-state index contributed by atoms with van der Waals surface area (Å²) < 4.78 is 7.63. The Hall–Kier alpha value is -2.31. The predicted molar refractivity (Wildman–Crippen MR) is 100 cm³/mol. The summed E-state index contributed by atoms with van der Waals surface area (Å²) in [6, 6.07) is 9.50. The van der Waals surface area contributed by atoms with Crippen molar-refractivity contribution in [1.29, 1.82) is 0 Å². The third-order valence-corrected chi connectivity index (χ3v) is 4.97. The van der Waals surface area contributed by atoms with Crippen LogP contribution in [0.2, 0.25) is 5.02 Å². The number of nitrogens with zero attached hydrogens (tertiary/aromatic N) is 4. The van der Waals surface area contributed by atoms with Crippen molar-refractivity contribution in [1.82, 2.24) is 24.9 Å². The first-order valence-corrected chi connectivity index (χ1v) is 9.16. The summed E-state index contributed by atoms with van der Waals surface area (Å²) in [6.45, 7) is 3.53. The fourth-order valence-electron chi connectivity index (χ4n) is 3.38. The summed E-state index contributed by atoms with van der Waals surface area (Å²) in [5.41, 5.74) is 3.36. The van der Waals surface area contributed by atoms with E-state index in [9.17, 15) is 0 Å². The van der Waals surface area contributed by atoms with E-state index in [-0.39, 0.29) is 0 Å². The molecule has 1 fully saturated rings. The second-order valence-corrected chi connectivity index (χ2v) is 7.24. The molecule has 0 saturated carbocycles. The monoisotopic (exact) mass is 371 g/mol. The van der Waals surface area contributed by atoms with Crippen LogP contribution in [0.4, 0.5) is 0 Å². The zero-order valence-electron chi connectivity index (χ0n) is 14.7. The summed E-state index contributed by atoms with van der Waals surface area (Å²) >= 11 is 5.89. The maximum absolute atomic E-state index is 5.89. The smallest absolute Gasteiger partial charge is 0.130 e. The molecule has 7 heteroatoms. The highest BCUT2D eigenvalue weighted by Crippen LogP contribution is 2.27. The summed E-state index contributed by atoms with van der Waals surface area (Å²) in [5.74, 6) is 1.27. The van der Waals surface area contributed by atoms with Crippen molar-refractivity contribution in [2.45, 2.75) is 25.5 Å². The highest BCUT2D eigenvalue weighted by atomic mass is 35.5. The highest BCUT2D eigenvalue weighted by Gasteiger charge is 2.26. The average molecular weight is 372 g/mol. The van der Waals surface area contributed by atoms with Gasteiger partial charge in [0.15, 0.2) is 0 Å². The summed E-state index contributed by atoms with van der Waals surface area (Å²) in [5, 5.41) is 12.5. The Bertz CT molecular complexity index is 857. The first-order valence-electron chi connectivity index (χ1n) is 8.78. The molecular formula is C19H22ClN5O. The van der Waals surface area contributed by atoms with E-state index in [4.69, 9.17) is 16.3 Å². The molecule has 1 saturated heterocycles. The van der Waals surface area contributed by atoms with Gasteiger partial charge in [-0.3, -0.25) is 14.7 Å². The molecule has 3 heterocycles. The van der Waals surface area contributed by atoms with Gasteiger partial charge in [0, 0.05) is 42.8 Å². The molecule has 0 amide bonds. The third-order valence-electron chi connectivity index (χ3n) is 4.71. The van der Waals surface area contributed by atoms with E-state index in [0.717, 1.165) is 43.2 Å². The molecule has 1 N–H and O–H groups in total. The Morgan fingerprint density at radius 2 is 2.15 bits per heavy atom. The van der Waals surface area contributed by atoms with Gasteiger partial charge in [-0.2, -0.15) is 10.2 Å². The van der Waals surface area contributed by atoms with E-state index in [0.29, 0.717) is 17.5 Å². The van der Waals surface area contributed by atoms with Gasteiger partial charge in [-0.25, -0.2) is 0 Å². The summed E-state index contributed by atoms with van der Waals surface area (Å²) in [6.07, 6.45) is 5.14. The summed E-state index contributed by atoms with van der Waals surface area (Å²) in [4.78, 5) is 2.46. The van der Waals surface area contributed by atoms with Gasteiger partial charge < -0.3 is 4.74 Å². The molecule has 0 unspecified atom stereocenters. The SMILES string of the molecule is Cn1cc(CN2CC[C@@H](c3cc(COc4ccc(Cl)cc4)[nH]n3)C2)cn1. The number of hydrogen-bond donors (Lipinski definition) is 1. The number of halogens is 1. The van der Waals surface area contributed by atoms with Gasteiger partial charge in [0.2, 0.25) is 0 Å². The quantitative estimate of drug-likeness (QED) is 0.721. The lowest BCUT2D eigenvalue weighted by Gasteiger charge is -2.13. The average Bonchev–Trinajstić information content (AvgIpc) is 3.36. The number of aromatic nitrogens is 4. The molecule has 1 aromatic carbocycles. The third kappa shape index (κ3) is 4.08. The van der Waals surface area contributed by atoms with Crippen molar-refractivity contribution < 1.29 is 4.74 Å². The number of aromatic amines is 1. The topological polar surface area (TPSA) is 59.0 Å². The molecule has 1 aliphatic heterocycles. The van der Waals surface area contributed by atoms with Crippen molar-refractivity contribution in [2.75, 3.05) is 13.1 Å². The van der Waals surface area contributed by atoms with Gasteiger partial charge in [-0.1, -0.05) is 11.6 Å². The minimum atomic E-state index is 0.465. The summed E-state index contributed by atoms with van der Waals surface area (Å²) in [7, 11) is 1.95. The van der Waals surface area contributed by atoms with Crippen LogP contribution >= 0.6 is 11.6 Å². The van der Waals surface area contributed by atoms with Crippen LogP contribution < -0.4 is 4.74 Å². The molecule has 136 valence electrons. The number of hydrogen-bond acceptors (Lipinski definition) is 4. The van der Waals surface area contributed by atoms with Gasteiger partial charge in [0.25, 0.3) is 0 Å². The van der Waals surface area contributed by atoms with E-state index in [1.54, 1.807) is 0 Å². The fourth-order valence-corrected chi connectivity index (χ4v) is 3.51. The van der Waals surface area contributed by atoms with Gasteiger partial charge in [0.05, 0.1) is 17.6 Å². The van der Waals surface area contributed by atoms with Crippen LogP contribution in [0.3, 0.4) is 0 Å². The zero-order valence-corrected chi connectivity index (χ0v) is 15.5. The standard InChI is InChI=1S/C19H22ClN5O/c1-24-10-14(9-21-24)11-25-7-6-15(12-25)19-8-17(22-23-19)13-26-18-4-2-16(20)3-5-18/h2-5,8-10,15H,6-7,11-13H2,1H3,(H,22,23)/t15-/m1/s1. The maximum atomic E-state index is 5.89. The number of likely N-dealkylation sites (tertiary alicyclic amines) is 1. The molecule has 0 bridgehead atoms.